The first-order chi connectivity index (χ1) is 7.86. The van der Waals surface area contributed by atoms with E-state index in [9.17, 15) is 4.79 Å². The van der Waals surface area contributed by atoms with Crippen molar-refractivity contribution >= 4 is 5.91 Å². The van der Waals surface area contributed by atoms with Gasteiger partial charge in [0.1, 0.15) is 0 Å². The first-order valence-corrected chi connectivity index (χ1v) is 6.23. The highest BCUT2D eigenvalue weighted by Crippen LogP contribution is 2.36. The summed E-state index contributed by atoms with van der Waals surface area (Å²) in [4.78, 5) is 13.9. The zero-order chi connectivity index (χ0) is 11.0. The molecular formula is C14H17NO. The number of likely N-dealkylation sites (tertiary alicyclic amines) is 1. The van der Waals surface area contributed by atoms with Crippen molar-refractivity contribution in [2.45, 2.75) is 38.1 Å². The monoisotopic (exact) mass is 215 g/mol. The number of aryl methyl sites for hydroxylation is 1. The molecule has 0 N–H and O–H groups in total. The van der Waals surface area contributed by atoms with E-state index in [2.05, 4.69) is 29.2 Å². The zero-order valence-electron chi connectivity index (χ0n) is 9.48. The molecule has 1 saturated heterocycles. The molecule has 1 fully saturated rings. The summed E-state index contributed by atoms with van der Waals surface area (Å²) in [5, 5.41) is 0. The van der Waals surface area contributed by atoms with Crippen LogP contribution in [0.15, 0.2) is 24.3 Å². The predicted octanol–water partition coefficient (Wildman–Crippen LogP) is 2.69. The van der Waals surface area contributed by atoms with Crippen molar-refractivity contribution in [2.75, 3.05) is 6.54 Å². The van der Waals surface area contributed by atoms with Gasteiger partial charge in [0.05, 0.1) is 6.04 Å². The highest BCUT2D eigenvalue weighted by atomic mass is 16.2. The molecule has 2 nitrogen and oxygen atoms in total. The first kappa shape index (κ1) is 9.88. The van der Waals surface area contributed by atoms with Crippen molar-refractivity contribution in [3.8, 4) is 0 Å². The molecule has 1 aliphatic heterocycles. The van der Waals surface area contributed by atoms with Gasteiger partial charge >= 0.3 is 0 Å². The van der Waals surface area contributed by atoms with Crippen molar-refractivity contribution in [3.05, 3.63) is 35.4 Å². The minimum Gasteiger partial charge on any atom is -0.336 e. The smallest absolute Gasteiger partial charge is 0.223 e. The van der Waals surface area contributed by atoms with Gasteiger partial charge in [-0.3, -0.25) is 4.79 Å². The quantitative estimate of drug-likeness (QED) is 0.705. The van der Waals surface area contributed by atoms with Gasteiger partial charge < -0.3 is 4.90 Å². The van der Waals surface area contributed by atoms with Crippen molar-refractivity contribution < 1.29 is 4.79 Å². The molecule has 1 amide bonds. The molecule has 1 aromatic rings. The van der Waals surface area contributed by atoms with Crippen LogP contribution in [0.5, 0.6) is 0 Å². The van der Waals surface area contributed by atoms with Crippen LogP contribution in [0.2, 0.25) is 0 Å². The lowest BCUT2D eigenvalue weighted by molar-refractivity contribution is -0.130. The number of amides is 1. The maximum Gasteiger partial charge on any atom is 0.223 e. The molecule has 0 bridgehead atoms. The molecule has 1 heterocycles. The van der Waals surface area contributed by atoms with Crippen LogP contribution in [0.25, 0.3) is 0 Å². The molecule has 2 heteroatoms. The molecule has 84 valence electrons. The van der Waals surface area contributed by atoms with Crippen LogP contribution in [-0.2, 0) is 11.2 Å². The Kier molecular flexibility index (Phi) is 2.43. The van der Waals surface area contributed by atoms with Gasteiger partial charge in [-0.1, -0.05) is 24.3 Å². The molecule has 0 radical (unpaired) electrons. The largest absolute Gasteiger partial charge is 0.336 e. The van der Waals surface area contributed by atoms with E-state index >= 15 is 0 Å². The van der Waals surface area contributed by atoms with Crippen LogP contribution in [0.1, 0.15) is 42.9 Å². The first-order valence-electron chi connectivity index (χ1n) is 6.23. The Morgan fingerprint density at radius 3 is 2.81 bits per heavy atom. The molecule has 1 atom stereocenters. The fraction of sp³-hybridized carbons (Fsp3) is 0.500. The maximum atomic E-state index is 11.8. The summed E-state index contributed by atoms with van der Waals surface area (Å²) in [6, 6.07) is 8.97. The molecule has 16 heavy (non-hydrogen) atoms. The number of hydrogen-bond acceptors (Lipinski definition) is 1. The third-order valence-corrected chi connectivity index (χ3v) is 3.82. The lowest BCUT2D eigenvalue weighted by Crippen LogP contribution is -2.32. The number of benzene rings is 1. The van der Waals surface area contributed by atoms with Crippen LogP contribution in [0.3, 0.4) is 0 Å². The van der Waals surface area contributed by atoms with Crippen LogP contribution in [0, 0.1) is 0 Å². The Labute approximate surface area is 96.3 Å². The number of hydrogen-bond donors (Lipinski definition) is 0. The van der Waals surface area contributed by atoms with E-state index in [1.807, 2.05) is 0 Å². The predicted molar refractivity (Wildman–Crippen MR) is 63.1 cm³/mol. The zero-order valence-corrected chi connectivity index (χ0v) is 9.48. The summed E-state index contributed by atoms with van der Waals surface area (Å²) >= 11 is 0. The Morgan fingerprint density at radius 1 is 1.12 bits per heavy atom. The highest BCUT2D eigenvalue weighted by Gasteiger charge is 2.31. The van der Waals surface area contributed by atoms with E-state index in [0.717, 1.165) is 25.8 Å². The second-order valence-electron chi connectivity index (χ2n) is 4.80. The van der Waals surface area contributed by atoms with E-state index in [0.29, 0.717) is 11.9 Å². The van der Waals surface area contributed by atoms with Crippen molar-refractivity contribution in [3.63, 3.8) is 0 Å². The van der Waals surface area contributed by atoms with Gasteiger partial charge in [-0.25, -0.2) is 0 Å². The van der Waals surface area contributed by atoms with E-state index in [1.54, 1.807) is 0 Å². The molecule has 0 saturated carbocycles. The molecule has 0 spiro atoms. The number of rotatable bonds is 1. The van der Waals surface area contributed by atoms with Crippen LogP contribution < -0.4 is 0 Å². The van der Waals surface area contributed by atoms with Gasteiger partial charge in [-0.2, -0.15) is 0 Å². The van der Waals surface area contributed by atoms with Gasteiger partial charge in [0, 0.05) is 13.0 Å². The summed E-state index contributed by atoms with van der Waals surface area (Å²) in [7, 11) is 0. The summed E-state index contributed by atoms with van der Waals surface area (Å²) in [6.45, 7) is 0.956. The minimum atomic E-state index is 0.349. The Balaban J connectivity index is 1.95. The van der Waals surface area contributed by atoms with Crippen LogP contribution >= 0.6 is 0 Å². The Morgan fingerprint density at radius 2 is 2.00 bits per heavy atom. The van der Waals surface area contributed by atoms with E-state index in [4.69, 9.17) is 0 Å². The van der Waals surface area contributed by atoms with E-state index < -0.39 is 0 Å². The molecule has 2 aliphatic rings. The SMILES string of the molecule is O=C1CCCN1C1CCCc2ccccc21. The maximum absolute atomic E-state index is 11.8. The standard InChI is InChI=1S/C14H17NO/c16-14-9-4-10-15(14)13-8-3-6-11-5-1-2-7-12(11)13/h1-2,5,7,13H,3-4,6,8-10H2. The highest BCUT2D eigenvalue weighted by molar-refractivity contribution is 5.78. The third-order valence-electron chi connectivity index (χ3n) is 3.82. The molecule has 1 aliphatic carbocycles. The second kappa shape index (κ2) is 3.93. The fourth-order valence-corrected chi connectivity index (χ4v) is 3.05. The van der Waals surface area contributed by atoms with Gasteiger partial charge in [0.15, 0.2) is 0 Å². The summed E-state index contributed by atoms with van der Waals surface area (Å²) in [5.41, 5.74) is 2.84. The molecule has 3 rings (SSSR count). The lowest BCUT2D eigenvalue weighted by atomic mass is 9.87. The van der Waals surface area contributed by atoms with Crippen LogP contribution in [0.4, 0.5) is 0 Å². The molecular weight excluding hydrogens is 198 g/mol. The Bertz CT molecular complexity index is 413. The summed E-state index contributed by atoms with van der Waals surface area (Å²) in [6.07, 6.45) is 5.32. The van der Waals surface area contributed by atoms with E-state index in [-0.39, 0.29) is 0 Å². The number of carbonyl (C=O) groups excluding carboxylic acids is 1. The molecule has 1 unspecified atom stereocenters. The summed E-state index contributed by atoms with van der Waals surface area (Å²) < 4.78 is 0. The Hall–Kier alpha value is -1.31. The minimum absolute atomic E-state index is 0.349. The second-order valence-corrected chi connectivity index (χ2v) is 4.80. The third kappa shape index (κ3) is 1.53. The van der Waals surface area contributed by atoms with E-state index in [1.165, 1.54) is 24.0 Å². The molecule has 1 aromatic carbocycles. The van der Waals surface area contributed by atoms with Gasteiger partial charge in [0.25, 0.3) is 0 Å². The van der Waals surface area contributed by atoms with Gasteiger partial charge in [-0.15, -0.1) is 0 Å². The summed E-state index contributed by atoms with van der Waals surface area (Å²) in [5.74, 6) is 0.349. The number of carbonyl (C=O) groups is 1. The van der Waals surface area contributed by atoms with Crippen molar-refractivity contribution in [1.29, 1.82) is 0 Å². The van der Waals surface area contributed by atoms with Crippen LogP contribution in [-0.4, -0.2) is 17.4 Å². The fourth-order valence-electron chi connectivity index (χ4n) is 3.05. The molecule has 0 aromatic heterocycles. The lowest BCUT2D eigenvalue weighted by Gasteiger charge is -2.33. The normalized spacial score (nSPS) is 24.6. The van der Waals surface area contributed by atoms with Gasteiger partial charge in [-0.05, 0) is 36.8 Å². The number of fused-ring (bicyclic) bond motifs is 1. The van der Waals surface area contributed by atoms with Crippen molar-refractivity contribution in [1.82, 2.24) is 4.90 Å². The average molecular weight is 215 g/mol. The van der Waals surface area contributed by atoms with Gasteiger partial charge in [0.2, 0.25) is 5.91 Å². The number of nitrogens with zero attached hydrogens (tertiary/aromatic N) is 1. The topological polar surface area (TPSA) is 20.3 Å². The van der Waals surface area contributed by atoms with Crippen molar-refractivity contribution in [2.24, 2.45) is 0 Å². The average Bonchev–Trinajstić information content (AvgIpc) is 2.75.